The number of benzene rings is 3. The van der Waals surface area contributed by atoms with Crippen molar-refractivity contribution >= 4 is 17.2 Å². The maximum Gasteiger partial charge on any atom is 0.273 e. The molecule has 0 aliphatic carbocycles. The smallest absolute Gasteiger partial charge is 0.273 e. The fourth-order valence-electron chi connectivity index (χ4n) is 5.50. The lowest BCUT2D eigenvalue weighted by Gasteiger charge is -2.11. The average molecular weight is 506 g/mol. The maximum atomic E-state index is 14.0. The summed E-state index contributed by atoms with van der Waals surface area (Å²) in [5.41, 5.74) is 9.18. The second-order valence-electron chi connectivity index (χ2n) is 9.80. The molecule has 5 aromatic rings. The molecule has 0 spiro atoms. The number of anilines is 1. The Balaban J connectivity index is 1.56. The van der Waals surface area contributed by atoms with Crippen molar-refractivity contribution in [2.45, 2.75) is 32.7 Å². The minimum atomic E-state index is -0.133. The topological polar surface area (TPSA) is 56.9 Å². The lowest BCUT2D eigenvalue weighted by atomic mass is 9.97. The maximum absolute atomic E-state index is 14.0. The molecule has 0 atom stereocenters. The van der Waals surface area contributed by atoms with Crippen molar-refractivity contribution in [3.8, 4) is 33.9 Å². The minimum absolute atomic E-state index is 0.133. The second-order valence-corrected chi connectivity index (χ2v) is 9.80. The van der Waals surface area contributed by atoms with Crippen molar-refractivity contribution in [1.29, 1.82) is 0 Å². The van der Waals surface area contributed by atoms with Gasteiger partial charge in [0.05, 0.1) is 19.9 Å². The Morgan fingerprint density at radius 1 is 0.816 bits per heavy atom. The molecule has 0 saturated heterocycles. The molecule has 0 bridgehead atoms. The number of aromatic nitrogens is 2. The fraction of sp³-hybridized carbons (Fsp3) is 0.219. The molecular weight excluding hydrogens is 474 g/mol. The van der Waals surface area contributed by atoms with Crippen molar-refractivity contribution < 1.29 is 14.3 Å². The predicted molar refractivity (Wildman–Crippen MR) is 151 cm³/mol. The molecule has 1 amide bonds. The van der Waals surface area contributed by atoms with Gasteiger partial charge in [0.2, 0.25) is 0 Å². The molecule has 0 fully saturated rings. The van der Waals surface area contributed by atoms with E-state index in [4.69, 9.17) is 9.47 Å². The van der Waals surface area contributed by atoms with Crippen LogP contribution in [-0.4, -0.2) is 29.1 Å². The molecule has 6 rings (SSSR count). The summed E-state index contributed by atoms with van der Waals surface area (Å²) in [5, 5.41) is 3.14. The third-order valence-corrected chi connectivity index (χ3v) is 7.42. The van der Waals surface area contributed by atoms with E-state index in [9.17, 15) is 4.79 Å². The van der Waals surface area contributed by atoms with Crippen LogP contribution in [0.15, 0.2) is 79.0 Å². The highest BCUT2D eigenvalue weighted by molar-refractivity contribution is 6.10. The van der Waals surface area contributed by atoms with Gasteiger partial charge in [-0.15, -0.1) is 0 Å². The van der Waals surface area contributed by atoms with E-state index in [1.807, 2.05) is 36.4 Å². The van der Waals surface area contributed by atoms with E-state index in [0.29, 0.717) is 5.69 Å². The zero-order valence-corrected chi connectivity index (χ0v) is 22.0. The Labute approximate surface area is 222 Å². The minimum Gasteiger partial charge on any atom is -0.497 e. The number of rotatable bonds is 6. The van der Waals surface area contributed by atoms with Gasteiger partial charge >= 0.3 is 0 Å². The fourth-order valence-corrected chi connectivity index (χ4v) is 5.50. The number of hydrogen-bond donors (Lipinski definition) is 1. The SMILES string of the molecule is COc1ccc(NC(=O)c2c(-c3ccc(C)cc3)c3c4n(c(-c5ccc(OC)cc5)cn24)CCCC3)cc1. The molecular formula is C32H31N3O3. The third-order valence-electron chi connectivity index (χ3n) is 7.42. The van der Waals surface area contributed by atoms with Gasteiger partial charge < -0.3 is 19.4 Å². The van der Waals surface area contributed by atoms with Gasteiger partial charge in [-0.2, -0.15) is 0 Å². The molecule has 6 heteroatoms. The molecule has 6 nitrogen and oxygen atoms in total. The van der Waals surface area contributed by atoms with Crippen LogP contribution in [0.1, 0.15) is 34.5 Å². The first-order chi connectivity index (χ1) is 18.6. The van der Waals surface area contributed by atoms with Crippen LogP contribution >= 0.6 is 0 Å². The van der Waals surface area contributed by atoms with Gasteiger partial charge in [-0.3, -0.25) is 9.20 Å². The van der Waals surface area contributed by atoms with Crippen LogP contribution in [-0.2, 0) is 13.0 Å². The first-order valence-electron chi connectivity index (χ1n) is 13.0. The van der Waals surface area contributed by atoms with E-state index < -0.39 is 0 Å². The van der Waals surface area contributed by atoms with Crippen molar-refractivity contribution in [1.82, 2.24) is 8.97 Å². The van der Waals surface area contributed by atoms with Crippen LogP contribution < -0.4 is 14.8 Å². The molecule has 3 heterocycles. The standard InChI is InChI=1S/C32H31N3O3/c1-21-7-9-23(10-8-21)29-27-6-4-5-19-34-28(22-11-15-25(37-2)16-12-22)20-35(32(27)34)30(29)31(36)33-24-13-17-26(38-3)18-14-24/h7-18,20H,4-6,19H2,1-3H3,(H,33,36). The predicted octanol–water partition coefficient (Wildman–Crippen LogP) is 6.99. The Morgan fingerprint density at radius 2 is 1.45 bits per heavy atom. The van der Waals surface area contributed by atoms with Crippen LogP contribution in [0.4, 0.5) is 5.69 Å². The normalized spacial score (nSPS) is 12.8. The molecule has 0 radical (unpaired) electrons. The average Bonchev–Trinajstić information content (AvgIpc) is 3.37. The molecule has 1 N–H and O–H groups in total. The van der Waals surface area contributed by atoms with Crippen LogP contribution in [0.25, 0.3) is 28.0 Å². The number of imidazole rings is 1. The first kappa shape index (κ1) is 23.9. The Bertz CT molecular complexity index is 1610. The van der Waals surface area contributed by atoms with Crippen molar-refractivity contribution in [3.05, 3.63) is 95.8 Å². The van der Waals surface area contributed by atoms with Gasteiger partial charge in [0, 0.05) is 29.6 Å². The number of aryl methyl sites for hydroxylation is 3. The molecule has 3 aromatic carbocycles. The summed E-state index contributed by atoms with van der Waals surface area (Å²) >= 11 is 0. The van der Waals surface area contributed by atoms with Crippen LogP contribution in [0.3, 0.4) is 0 Å². The number of nitrogens with one attached hydrogen (secondary N) is 1. The zero-order valence-electron chi connectivity index (χ0n) is 22.0. The zero-order chi connectivity index (χ0) is 26.2. The van der Waals surface area contributed by atoms with Crippen molar-refractivity contribution in [3.63, 3.8) is 0 Å². The molecule has 0 saturated carbocycles. The van der Waals surface area contributed by atoms with E-state index in [-0.39, 0.29) is 5.91 Å². The summed E-state index contributed by atoms with van der Waals surface area (Å²) in [6, 6.07) is 24.1. The molecule has 0 unspecified atom stereocenters. The van der Waals surface area contributed by atoms with E-state index in [2.05, 4.69) is 63.8 Å². The summed E-state index contributed by atoms with van der Waals surface area (Å²) in [6.07, 6.45) is 5.20. The molecule has 192 valence electrons. The van der Waals surface area contributed by atoms with Crippen LogP contribution in [0, 0.1) is 6.92 Å². The van der Waals surface area contributed by atoms with E-state index >= 15 is 0 Å². The highest BCUT2D eigenvalue weighted by Gasteiger charge is 2.29. The second kappa shape index (κ2) is 9.78. The van der Waals surface area contributed by atoms with E-state index in [1.165, 1.54) is 11.1 Å². The summed E-state index contributed by atoms with van der Waals surface area (Å²) in [7, 11) is 3.31. The number of hydrogen-bond acceptors (Lipinski definition) is 3. The monoisotopic (exact) mass is 505 g/mol. The highest BCUT2D eigenvalue weighted by Crippen LogP contribution is 2.40. The molecule has 2 aromatic heterocycles. The number of nitrogens with zero attached hydrogens (tertiary/aromatic N) is 2. The Hall–Kier alpha value is -4.45. The van der Waals surface area contributed by atoms with Gasteiger partial charge in [-0.05, 0) is 85.8 Å². The lowest BCUT2D eigenvalue weighted by molar-refractivity contribution is 0.102. The number of amides is 1. The summed E-state index contributed by atoms with van der Waals surface area (Å²) in [6.45, 7) is 2.99. The third kappa shape index (κ3) is 4.12. The van der Waals surface area contributed by atoms with Crippen LogP contribution in [0.2, 0.25) is 0 Å². The number of ether oxygens (including phenoxy) is 2. The summed E-state index contributed by atoms with van der Waals surface area (Å²) < 4.78 is 15.1. The molecule has 38 heavy (non-hydrogen) atoms. The van der Waals surface area contributed by atoms with Crippen molar-refractivity contribution in [2.24, 2.45) is 0 Å². The highest BCUT2D eigenvalue weighted by atomic mass is 16.5. The van der Waals surface area contributed by atoms with Gasteiger partial charge in [0.25, 0.3) is 5.91 Å². The van der Waals surface area contributed by atoms with Gasteiger partial charge in [-0.25, -0.2) is 0 Å². The van der Waals surface area contributed by atoms with E-state index in [0.717, 1.165) is 71.0 Å². The summed E-state index contributed by atoms with van der Waals surface area (Å²) in [5.74, 6) is 1.44. The number of carbonyl (C=O) groups excluding carboxylic acids is 1. The van der Waals surface area contributed by atoms with Gasteiger partial charge in [-0.1, -0.05) is 29.8 Å². The molecule has 1 aliphatic rings. The van der Waals surface area contributed by atoms with Crippen LogP contribution in [0.5, 0.6) is 11.5 Å². The number of methoxy groups -OCH3 is 2. The lowest BCUT2D eigenvalue weighted by Crippen LogP contribution is -2.15. The molecule has 1 aliphatic heterocycles. The van der Waals surface area contributed by atoms with Crippen molar-refractivity contribution in [2.75, 3.05) is 19.5 Å². The first-order valence-corrected chi connectivity index (χ1v) is 13.0. The largest absolute Gasteiger partial charge is 0.497 e. The Kier molecular flexibility index (Phi) is 6.16. The van der Waals surface area contributed by atoms with Gasteiger partial charge in [0.15, 0.2) is 0 Å². The number of carbonyl (C=O) groups is 1. The summed E-state index contributed by atoms with van der Waals surface area (Å²) in [4.78, 5) is 14.0. The van der Waals surface area contributed by atoms with E-state index in [1.54, 1.807) is 14.2 Å². The quantitative estimate of drug-likeness (QED) is 0.271. The Morgan fingerprint density at radius 3 is 2.11 bits per heavy atom. The van der Waals surface area contributed by atoms with Gasteiger partial charge in [0.1, 0.15) is 22.8 Å².